The maximum absolute atomic E-state index is 12.4. The van der Waals surface area contributed by atoms with Crippen LogP contribution in [-0.2, 0) is 33.7 Å². The van der Waals surface area contributed by atoms with E-state index in [1.807, 2.05) is 6.07 Å². The van der Waals surface area contributed by atoms with Crippen LogP contribution in [0.15, 0.2) is 54.6 Å². The standard InChI is InChI=1S/C27H35O3Si/c1-27(2,31(3)4)19-24-7-5-6-8-25(24)20-30-26(28)14-11-21-9-12-22(13-10-21)23-15-17-29-18-16-23/h5-10,12-13,15H,11,14,16-20H2,1-4H3. The number of ether oxygens (including phenoxy) is 2. The van der Waals surface area contributed by atoms with E-state index in [4.69, 9.17) is 9.47 Å². The first-order valence-corrected chi connectivity index (χ1v) is 13.7. The van der Waals surface area contributed by atoms with E-state index in [9.17, 15) is 4.79 Å². The summed E-state index contributed by atoms with van der Waals surface area (Å²) in [6.07, 6.45) is 5.24. The van der Waals surface area contributed by atoms with Gasteiger partial charge >= 0.3 is 5.97 Å². The Morgan fingerprint density at radius 1 is 1.06 bits per heavy atom. The van der Waals surface area contributed by atoms with E-state index in [0.29, 0.717) is 31.1 Å². The van der Waals surface area contributed by atoms with Gasteiger partial charge in [-0.2, -0.15) is 0 Å². The largest absolute Gasteiger partial charge is 0.461 e. The van der Waals surface area contributed by atoms with Crippen LogP contribution in [0, 0.1) is 0 Å². The lowest BCUT2D eigenvalue weighted by atomic mass is 9.97. The zero-order valence-electron chi connectivity index (χ0n) is 19.4. The van der Waals surface area contributed by atoms with Gasteiger partial charge in [0.1, 0.15) is 6.61 Å². The zero-order chi connectivity index (χ0) is 22.3. The summed E-state index contributed by atoms with van der Waals surface area (Å²) in [7, 11) is -0.422. The van der Waals surface area contributed by atoms with E-state index < -0.39 is 8.80 Å². The first kappa shape index (κ1) is 23.5. The summed E-state index contributed by atoms with van der Waals surface area (Å²) in [6, 6.07) is 16.9. The molecule has 0 atom stereocenters. The summed E-state index contributed by atoms with van der Waals surface area (Å²) in [5.74, 6) is -0.138. The normalized spacial score (nSPS) is 14.4. The molecule has 0 N–H and O–H groups in total. The van der Waals surface area contributed by atoms with Gasteiger partial charge in [0.25, 0.3) is 0 Å². The average Bonchev–Trinajstić information content (AvgIpc) is 2.78. The minimum Gasteiger partial charge on any atom is -0.461 e. The fraction of sp³-hybridized carbons (Fsp3) is 0.444. The van der Waals surface area contributed by atoms with Crippen LogP contribution in [0.1, 0.15) is 48.9 Å². The summed E-state index contributed by atoms with van der Waals surface area (Å²) in [5, 5.41) is 0.303. The van der Waals surface area contributed by atoms with Crippen molar-refractivity contribution in [3.05, 3.63) is 76.9 Å². The summed E-state index contributed by atoms with van der Waals surface area (Å²) in [6.45, 7) is 11.2. The van der Waals surface area contributed by atoms with E-state index in [1.54, 1.807) is 0 Å². The van der Waals surface area contributed by atoms with Crippen molar-refractivity contribution in [2.24, 2.45) is 0 Å². The van der Waals surface area contributed by atoms with Crippen molar-refractivity contribution in [2.75, 3.05) is 13.2 Å². The lowest BCUT2D eigenvalue weighted by Crippen LogP contribution is -2.24. The summed E-state index contributed by atoms with van der Waals surface area (Å²) in [5.41, 5.74) is 6.18. The fourth-order valence-corrected chi connectivity index (χ4v) is 4.22. The van der Waals surface area contributed by atoms with Crippen LogP contribution in [0.25, 0.3) is 5.57 Å². The number of esters is 1. The van der Waals surface area contributed by atoms with Gasteiger partial charge in [-0.25, -0.2) is 0 Å². The molecule has 2 aromatic carbocycles. The molecule has 0 spiro atoms. The molecule has 165 valence electrons. The molecule has 0 saturated carbocycles. The molecule has 0 fully saturated rings. The third-order valence-electron chi connectivity index (χ3n) is 6.40. The quantitative estimate of drug-likeness (QED) is 0.345. The highest BCUT2D eigenvalue weighted by molar-refractivity contribution is 6.59. The average molecular weight is 436 g/mol. The van der Waals surface area contributed by atoms with E-state index in [-0.39, 0.29) is 5.97 Å². The molecule has 1 heterocycles. The SMILES string of the molecule is C[Si](C)C(C)(C)Cc1ccccc1COC(=O)CCc1ccc(C2=CCOCC2)cc1. The number of hydrogen-bond donors (Lipinski definition) is 0. The van der Waals surface area contributed by atoms with Gasteiger partial charge in [0.05, 0.1) is 13.2 Å². The molecular weight excluding hydrogens is 400 g/mol. The van der Waals surface area contributed by atoms with Crippen LogP contribution in [0.4, 0.5) is 0 Å². The van der Waals surface area contributed by atoms with Gasteiger partial charge in [0.2, 0.25) is 0 Å². The van der Waals surface area contributed by atoms with Gasteiger partial charge in [0, 0.05) is 15.2 Å². The molecule has 1 aliphatic rings. The van der Waals surface area contributed by atoms with Crippen LogP contribution >= 0.6 is 0 Å². The summed E-state index contributed by atoms with van der Waals surface area (Å²) in [4.78, 5) is 12.4. The Hall–Kier alpha value is -2.17. The number of rotatable bonds is 9. The Bertz CT molecular complexity index is 897. The fourth-order valence-electron chi connectivity index (χ4n) is 3.68. The minimum absolute atomic E-state index is 0.138. The summed E-state index contributed by atoms with van der Waals surface area (Å²) < 4.78 is 11.0. The molecule has 1 radical (unpaired) electrons. The van der Waals surface area contributed by atoms with Gasteiger partial charge < -0.3 is 9.47 Å². The zero-order valence-corrected chi connectivity index (χ0v) is 20.4. The van der Waals surface area contributed by atoms with Crippen molar-refractivity contribution in [3.63, 3.8) is 0 Å². The number of carbonyl (C=O) groups is 1. The third-order valence-corrected chi connectivity index (χ3v) is 9.28. The molecule has 0 amide bonds. The van der Waals surface area contributed by atoms with E-state index >= 15 is 0 Å². The molecule has 4 heteroatoms. The highest BCUT2D eigenvalue weighted by Gasteiger charge is 2.25. The number of carbonyl (C=O) groups excluding carboxylic acids is 1. The van der Waals surface area contributed by atoms with Gasteiger partial charge in [-0.1, -0.05) is 81.5 Å². The van der Waals surface area contributed by atoms with Crippen LogP contribution in [0.5, 0.6) is 0 Å². The van der Waals surface area contributed by atoms with Crippen molar-refractivity contribution < 1.29 is 14.3 Å². The van der Waals surface area contributed by atoms with E-state index in [1.165, 1.54) is 16.7 Å². The smallest absolute Gasteiger partial charge is 0.306 e. The Labute approximate surface area is 189 Å². The van der Waals surface area contributed by atoms with Crippen molar-refractivity contribution >= 4 is 20.3 Å². The van der Waals surface area contributed by atoms with Crippen molar-refractivity contribution in [3.8, 4) is 0 Å². The molecule has 0 aliphatic carbocycles. The van der Waals surface area contributed by atoms with Crippen molar-refractivity contribution in [1.82, 2.24) is 0 Å². The second-order valence-electron chi connectivity index (χ2n) is 9.24. The number of aryl methyl sites for hydroxylation is 1. The molecule has 0 saturated heterocycles. The van der Waals surface area contributed by atoms with Crippen LogP contribution in [0.2, 0.25) is 18.1 Å². The van der Waals surface area contributed by atoms with Crippen molar-refractivity contribution in [2.45, 2.75) is 64.3 Å². The topological polar surface area (TPSA) is 35.5 Å². The van der Waals surface area contributed by atoms with Gasteiger partial charge in [-0.15, -0.1) is 0 Å². The number of benzene rings is 2. The van der Waals surface area contributed by atoms with E-state index in [0.717, 1.165) is 30.6 Å². The maximum Gasteiger partial charge on any atom is 0.306 e. The molecule has 0 unspecified atom stereocenters. The first-order chi connectivity index (χ1) is 14.8. The van der Waals surface area contributed by atoms with Gasteiger partial charge in [0.15, 0.2) is 0 Å². The minimum atomic E-state index is -0.422. The molecule has 1 aliphatic heterocycles. The maximum atomic E-state index is 12.4. The molecule has 3 nitrogen and oxygen atoms in total. The Kier molecular flexibility index (Phi) is 8.27. The highest BCUT2D eigenvalue weighted by Crippen LogP contribution is 2.34. The predicted molar refractivity (Wildman–Crippen MR) is 130 cm³/mol. The Balaban J connectivity index is 1.50. The monoisotopic (exact) mass is 435 g/mol. The Morgan fingerprint density at radius 3 is 2.42 bits per heavy atom. The lowest BCUT2D eigenvalue weighted by molar-refractivity contribution is -0.144. The van der Waals surface area contributed by atoms with Crippen molar-refractivity contribution in [1.29, 1.82) is 0 Å². The highest BCUT2D eigenvalue weighted by atomic mass is 28.3. The second-order valence-corrected chi connectivity index (χ2v) is 12.6. The molecular formula is C27H35O3Si. The molecule has 0 aromatic heterocycles. The third kappa shape index (κ3) is 6.91. The predicted octanol–water partition coefficient (Wildman–Crippen LogP) is 6.24. The van der Waals surface area contributed by atoms with Crippen LogP contribution in [-0.4, -0.2) is 28.0 Å². The second kappa shape index (κ2) is 10.9. The molecule has 2 aromatic rings. The summed E-state index contributed by atoms with van der Waals surface area (Å²) >= 11 is 0. The molecule has 31 heavy (non-hydrogen) atoms. The molecule has 0 bridgehead atoms. The Morgan fingerprint density at radius 2 is 1.77 bits per heavy atom. The van der Waals surface area contributed by atoms with Crippen LogP contribution < -0.4 is 0 Å². The first-order valence-electron chi connectivity index (χ1n) is 11.2. The number of hydrogen-bond acceptors (Lipinski definition) is 3. The van der Waals surface area contributed by atoms with Crippen LogP contribution in [0.3, 0.4) is 0 Å². The van der Waals surface area contributed by atoms with E-state index in [2.05, 4.69) is 75.5 Å². The van der Waals surface area contributed by atoms with Gasteiger partial charge in [-0.3, -0.25) is 4.79 Å². The molecule has 3 rings (SSSR count). The van der Waals surface area contributed by atoms with Gasteiger partial charge in [-0.05, 0) is 52.1 Å². The lowest BCUT2D eigenvalue weighted by Gasteiger charge is -2.29.